The van der Waals surface area contributed by atoms with Gasteiger partial charge in [0.1, 0.15) is 5.82 Å². The highest BCUT2D eigenvalue weighted by Gasteiger charge is 2.21. The number of benzene rings is 10. The number of imidazole rings is 1. The molecule has 59 heavy (non-hydrogen) atoms. The second kappa shape index (κ2) is 13.6. The van der Waals surface area contributed by atoms with Gasteiger partial charge in [-0.25, -0.2) is 15.0 Å². The van der Waals surface area contributed by atoms with Crippen molar-refractivity contribution in [3.8, 4) is 17.1 Å². The molecule has 4 nitrogen and oxygen atoms in total. The van der Waals surface area contributed by atoms with Gasteiger partial charge in [0.15, 0.2) is 0 Å². The van der Waals surface area contributed by atoms with Crippen LogP contribution < -0.4 is 0 Å². The Balaban J connectivity index is 0.000000144. The Bertz CT molecular complexity index is 3550. The smallest absolute Gasteiger partial charge is 0.146 e. The fourth-order valence-corrected chi connectivity index (χ4v) is 9.01. The monoisotopic (exact) mass is 756 g/mol. The lowest BCUT2D eigenvalue weighted by atomic mass is 9.97. The summed E-state index contributed by atoms with van der Waals surface area (Å²) in [4.78, 5) is 15.3. The van der Waals surface area contributed by atoms with Crippen LogP contribution >= 0.6 is 0 Å². The van der Waals surface area contributed by atoms with Crippen LogP contribution in [0.15, 0.2) is 170 Å². The van der Waals surface area contributed by atoms with Crippen LogP contribution in [0.25, 0.3) is 104 Å². The zero-order chi connectivity index (χ0) is 39.8. The molecule has 0 aliphatic carbocycles. The first kappa shape index (κ1) is 34.8. The fraction of sp³-hybridized carbons (Fsp3) is 0.0727. The summed E-state index contributed by atoms with van der Waals surface area (Å²) in [5.74, 6) is 0.970. The lowest BCUT2D eigenvalue weighted by molar-refractivity contribution is 1.11. The fourth-order valence-electron chi connectivity index (χ4n) is 9.01. The molecule has 0 saturated carbocycles. The highest BCUT2D eigenvalue weighted by Crippen LogP contribution is 2.41. The molecule has 0 radical (unpaired) electrons. The van der Waals surface area contributed by atoms with E-state index in [1.807, 2.05) is 24.3 Å². The quantitative estimate of drug-likeness (QED) is 0.130. The number of rotatable bonds is 2. The summed E-state index contributed by atoms with van der Waals surface area (Å²) in [6, 6.07) is 60.5. The summed E-state index contributed by atoms with van der Waals surface area (Å²) in [7, 11) is 0. The van der Waals surface area contributed by atoms with E-state index in [4.69, 9.17) is 15.0 Å². The molecule has 0 aliphatic rings. The molecule has 0 aliphatic heterocycles. The van der Waals surface area contributed by atoms with Crippen LogP contribution in [-0.4, -0.2) is 19.5 Å². The summed E-state index contributed by atoms with van der Waals surface area (Å²) < 4.78 is 2.36. The van der Waals surface area contributed by atoms with Gasteiger partial charge < -0.3 is 0 Å². The van der Waals surface area contributed by atoms with Gasteiger partial charge in [-0.15, -0.1) is 0 Å². The number of hydrogen-bond acceptors (Lipinski definition) is 3. The topological polar surface area (TPSA) is 43.6 Å². The predicted octanol–water partition coefficient (Wildman–Crippen LogP) is 14.5. The molecule has 0 amide bonds. The number of nitrogens with zero attached hydrogens (tertiary/aromatic N) is 4. The first-order valence-corrected chi connectivity index (χ1v) is 20.3. The molecular weight excluding hydrogens is 717 g/mol. The molecule has 0 atom stereocenters. The molecule has 0 spiro atoms. The molecule has 2 heterocycles. The second-order valence-electron chi connectivity index (χ2n) is 15.9. The number of para-hydroxylation sites is 3. The second-order valence-corrected chi connectivity index (χ2v) is 15.9. The van der Waals surface area contributed by atoms with E-state index in [9.17, 15) is 0 Å². The number of aromatic nitrogens is 4. The van der Waals surface area contributed by atoms with Crippen molar-refractivity contribution in [3.63, 3.8) is 0 Å². The zero-order valence-corrected chi connectivity index (χ0v) is 33.5. The predicted molar refractivity (Wildman–Crippen MR) is 250 cm³/mol. The highest BCUT2D eigenvalue weighted by atomic mass is 15.1. The van der Waals surface area contributed by atoms with Gasteiger partial charge in [-0.05, 0) is 96.4 Å². The molecule has 0 fully saturated rings. The summed E-state index contributed by atoms with van der Waals surface area (Å²) in [5.41, 5.74) is 13.3. The van der Waals surface area contributed by atoms with Crippen LogP contribution in [0.4, 0.5) is 0 Å². The molecule has 0 saturated heterocycles. The van der Waals surface area contributed by atoms with Crippen molar-refractivity contribution in [2.24, 2.45) is 0 Å². The Morgan fingerprint density at radius 2 is 0.831 bits per heavy atom. The maximum Gasteiger partial charge on any atom is 0.146 e. The third kappa shape index (κ3) is 5.71. The van der Waals surface area contributed by atoms with Crippen molar-refractivity contribution < 1.29 is 0 Å². The van der Waals surface area contributed by atoms with Gasteiger partial charge in [0.05, 0.1) is 33.1 Å². The average Bonchev–Trinajstić information content (AvgIpc) is 3.67. The van der Waals surface area contributed by atoms with Gasteiger partial charge in [0, 0.05) is 32.8 Å². The highest BCUT2D eigenvalue weighted by molar-refractivity contribution is 6.25. The third-order valence-electron chi connectivity index (χ3n) is 11.8. The van der Waals surface area contributed by atoms with Gasteiger partial charge >= 0.3 is 0 Å². The van der Waals surface area contributed by atoms with E-state index in [0.29, 0.717) is 0 Å². The molecule has 280 valence electrons. The average molecular weight is 757 g/mol. The van der Waals surface area contributed by atoms with Crippen molar-refractivity contribution in [2.45, 2.75) is 27.7 Å². The van der Waals surface area contributed by atoms with Crippen LogP contribution in [-0.2, 0) is 0 Å². The van der Waals surface area contributed by atoms with Crippen molar-refractivity contribution in [3.05, 3.63) is 192 Å². The third-order valence-corrected chi connectivity index (χ3v) is 11.8. The molecule has 2 aromatic heterocycles. The van der Waals surface area contributed by atoms with E-state index in [2.05, 4.69) is 178 Å². The molecule has 0 unspecified atom stereocenters. The Morgan fingerprint density at radius 1 is 0.339 bits per heavy atom. The largest absolute Gasteiger partial charge is 0.292 e. The lowest BCUT2D eigenvalue weighted by Gasteiger charge is -2.14. The number of fused-ring (bicyclic) bond motifs is 14. The van der Waals surface area contributed by atoms with Crippen LogP contribution in [0.1, 0.15) is 22.3 Å². The van der Waals surface area contributed by atoms with E-state index in [-0.39, 0.29) is 0 Å². The molecule has 0 bridgehead atoms. The van der Waals surface area contributed by atoms with Crippen LogP contribution in [0, 0.1) is 27.7 Å². The molecule has 0 N–H and O–H groups in total. The Morgan fingerprint density at radius 3 is 1.46 bits per heavy atom. The van der Waals surface area contributed by atoms with E-state index in [1.54, 1.807) is 0 Å². The minimum Gasteiger partial charge on any atom is -0.292 e. The standard InChI is InChI=1S/C33H24N2.C22H16N2/c1-21-15-17-26-29(19-21)30-20-22(2)16-18-27(30)32-31(26)34-33(35(32)24-11-4-3-5-12-24)28-14-8-10-23-9-6-7-13-25(23)28;1-13-7-9-15-16-10-8-14(2)12-18(16)22-21(17(15)11-13)23-19-5-3-4-6-20(19)24-22/h3-20H,1-2H3;3-12H,1-2H3. The minimum atomic E-state index is 0.944. The van der Waals surface area contributed by atoms with E-state index >= 15 is 0 Å². The van der Waals surface area contributed by atoms with Crippen LogP contribution in [0.5, 0.6) is 0 Å². The number of hydrogen-bond donors (Lipinski definition) is 0. The summed E-state index contributed by atoms with van der Waals surface area (Å²) in [6.45, 7) is 8.58. The van der Waals surface area contributed by atoms with Gasteiger partial charge in [-0.1, -0.05) is 156 Å². The zero-order valence-electron chi connectivity index (χ0n) is 33.5. The summed E-state index contributed by atoms with van der Waals surface area (Å²) >= 11 is 0. The maximum absolute atomic E-state index is 5.40. The molecule has 4 heteroatoms. The SMILES string of the molecule is Cc1ccc2c(c1)c1cc(C)ccc1c1c2nc(-c2cccc3ccccc23)n1-c1ccccc1.Cc1ccc2c3ccc(C)cc3c3nc4ccccc4nc3c2c1. The van der Waals surface area contributed by atoms with Gasteiger partial charge in [-0.3, -0.25) is 4.57 Å². The Labute approximate surface area is 342 Å². The van der Waals surface area contributed by atoms with E-state index in [1.165, 1.54) is 76.1 Å². The maximum atomic E-state index is 5.40. The van der Waals surface area contributed by atoms with Crippen molar-refractivity contribution >= 4 is 87.0 Å². The number of aryl methyl sites for hydroxylation is 4. The molecular formula is C55H40N4. The molecule has 10 aromatic carbocycles. The van der Waals surface area contributed by atoms with Crippen LogP contribution in [0.2, 0.25) is 0 Å². The lowest BCUT2D eigenvalue weighted by Crippen LogP contribution is -1.98. The van der Waals surface area contributed by atoms with Gasteiger partial charge in [0.2, 0.25) is 0 Å². The first-order chi connectivity index (χ1) is 28.9. The van der Waals surface area contributed by atoms with Gasteiger partial charge in [0.25, 0.3) is 0 Å². The molecule has 12 rings (SSSR count). The summed E-state index contributed by atoms with van der Waals surface area (Å²) in [5, 5.41) is 12.2. The van der Waals surface area contributed by atoms with Crippen molar-refractivity contribution in [2.75, 3.05) is 0 Å². The molecule has 12 aromatic rings. The van der Waals surface area contributed by atoms with E-state index in [0.717, 1.165) is 50.2 Å². The summed E-state index contributed by atoms with van der Waals surface area (Å²) in [6.07, 6.45) is 0. The normalized spacial score (nSPS) is 11.7. The van der Waals surface area contributed by atoms with Gasteiger partial charge in [-0.2, -0.15) is 0 Å². The van der Waals surface area contributed by atoms with Crippen molar-refractivity contribution in [1.29, 1.82) is 0 Å². The first-order valence-electron chi connectivity index (χ1n) is 20.3. The van der Waals surface area contributed by atoms with E-state index < -0.39 is 0 Å². The minimum absolute atomic E-state index is 0.944. The van der Waals surface area contributed by atoms with Crippen LogP contribution in [0.3, 0.4) is 0 Å². The van der Waals surface area contributed by atoms with Crippen molar-refractivity contribution in [1.82, 2.24) is 19.5 Å². The Kier molecular flexibility index (Phi) is 8.02. The Hall–Kier alpha value is -7.43.